The number of nitro groups is 1. The number of hydrogen-bond donors (Lipinski definition) is 3. The van der Waals surface area contributed by atoms with Crippen LogP contribution in [0.15, 0.2) is 54.6 Å². The number of benzene rings is 2. The molecule has 1 unspecified atom stereocenters. The third-order valence-electron chi connectivity index (χ3n) is 3.24. The second-order valence-corrected chi connectivity index (χ2v) is 5.05. The van der Waals surface area contributed by atoms with Gasteiger partial charge in [-0.25, -0.2) is 4.79 Å². The van der Waals surface area contributed by atoms with Gasteiger partial charge in [0.2, 0.25) is 5.91 Å². The number of nitrogens with zero attached hydrogens (tertiary/aromatic N) is 1. The zero-order valence-corrected chi connectivity index (χ0v) is 12.6. The van der Waals surface area contributed by atoms with Crippen molar-refractivity contribution in [2.45, 2.75) is 12.5 Å². The van der Waals surface area contributed by atoms with Crippen LogP contribution >= 0.6 is 0 Å². The maximum absolute atomic E-state index is 12.4. The molecule has 24 heavy (non-hydrogen) atoms. The summed E-state index contributed by atoms with van der Waals surface area (Å²) in [5.74, 6) is -0.516. The predicted molar refractivity (Wildman–Crippen MR) is 88.4 cm³/mol. The average molecular weight is 328 g/mol. The zero-order chi connectivity index (χ0) is 17.5. The second-order valence-electron chi connectivity index (χ2n) is 5.05. The molecule has 1 atom stereocenters. The third kappa shape index (κ3) is 4.80. The number of urea groups is 1. The number of carbonyl (C=O) groups is 2. The number of nitrogens with one attached hydrogen (secondary N) is 2. The minimum absolute atomic E-state index is 0.143. The van der Waals surface area contributed by atoms with E-state index >= 15 is 0 Å². The monoisotopic (exact) mass is 328 g/mol. The van der Waals surface area contributed by atoms with Crippen LogP contribution in [0, 0.1) is 10.1 Å². The molecule has 2 rings (SSSR count). The maximum Gasteiger partial charge on any atom is 0.312 e. The minimum Gasteiger partial charge on any atom is -0.352 e. The highest BCUT2D eigenvalue weighted by atomic mass is 16.6. The fourth-order valence-electron chi connectivity index (χ4n) is 2.16. The first-order valence-corrected chi connectivity index (χ1v) is 7.11. The lowest BCUT2D eigenvalue weighted by Gasteiger charge is -2.17. The fourth-order valence-corrected chi connectivity index (χ4v) is 2.16. The lowest BCUT2D eigenvalue weighted by molar-refractivity contribution is -0.384. The molecule has 2 aromatic rings. The highest BCUT2D eigenvalue weighted by Crippen LogP contribution is 2.17. The van der Waals surface area contributed by atoms with Crippen LogP contribution in [-0.2, 0) is 11.2 Å². The number of amides is 3. The van der Waals surface area contributed by atoms with Crippen molar-refractivity contribution in [1.29, 1.82) is 0 Å². The molecular formula is C16H16N4O4. The third-order valence-corrected chi connectivity index (χ3v) is 3.24. The van der Waals surface area contributed by atoms with Crippen LogP contribution in [0.3, 0.4) is 0 Å². The van der Waals surface area contributed by atoms with Gasteiger partial charge in [0, 0.05) is 24.2 Å². The summed E-state index contributed by atoms with van der Waals surface area (Å²) in [5, 5.41) is 15.7. The van der Waals surface area contributed by atoms with Gasteiger partial charge < -0.3 is 16.4 Å². The van der Waals surface area contributed by atoms with Crippen molar-refractivity contribution < 1.29 is 14.5 Å². The summed E-state index contributed by atoms with van der Waals surface area (Å²) >= 11 is 0. The van der Waals surface area contributed by atoms with Gasteiger partial charge in [-0.2, -0.15) is 0 Å². The molecule has 0 aliphatic rings. The van der Waals surface area contributed by atoms with E-state index in [0.717, 1.165) is 5.56 Å². The average Bonchev–Trinajstić information content (AvgIpc) is 2.55. The molecule has 0 aliphatic heterocycles. The van der Waals surface area contributed by atoms with Crippen LogP contribution in [0.4, 0.5) is 16.2 Å². The van der Waals surface area contributed by atoms with Crippen LogP contribution in [0.5, 0.6) is 0 Å². The van der Waals surface area contributed by atoms with Gasteiger partial charge in [0.05, 0.1) is 4.92 Å². The molecule has 0 fully saturated rings. The standard InChI is InChI=1S/C16H16N4O4/c17-16(22)19-14(9-11-5-2-1-3-6-11)15(21)18-12-7-4-8-13(10-12)20(23)24/h1-8,10,14H,9H2,(H,18,21)(H3,17,19,22). The topological polar surface area (TPSA) is 127 Å². The number of rotatable bonds is 6. The number of hydrogen-bond acceptors (Lipinski definition) is 4. The van der Waals surface area contributed by atoms with Gasteiger partial charge in [-0.05, 0) is 11.6 Å². The van der Waals surface area contributed by atoms with Crippen molar-refractivity contribution in [1.82, 2.24) is 5.32 Å². The van der Waals surface area contributed by atoms with Crippen LogP contribution in [0.25, 0.3) is 0 Å². The molecular weight excluding hydrogens is 312 g/mol. The normalized spacial score (nSPS) is 11.3. The Morgan fingerprint density at radius 2 is 1.83 bits per heavy atom. The molecule has 2 aromatic carbocycles. The van der Waals surface area contributed by atoms with Crippen LogP contribution in [0.1, 0.15) is 5.56 Å². The van der Waals surface area contributed by atoms with Crippen molar-refractivity contribution in [2.24, 2.45) is 5.73 Å². The summed E-state index contributed by atoms with van der Waals surface area (Å²) in [6.45, 7) is 0. The molecule has 0 heterocycles. The van der Waals surface area contributed by atoms with Crippen molar-refractivity contribution in [2.75, 3.05) is 5.32 Å². The zero-order valence-electron chi connectivity index (χ0n) is 12.6. The van der Waals surface area contributed by atoms with Gasteiger partial charge in [0.1, 0.15) is 6.04 Å². The molecule has 124 valence electrons. The SMILES string of the molecule is NC(=O)NC(Cc1ccccc1)C(=O)Nc1cccc([N+](=O)[O-])c1. The van der Waals surface area contributed by atoms with E-state index in [4.69, 9.17) is 5.73 Å². The van der Waals surface area contributed by atoms with Gasteiger partial charge in [-0.1, -0.05) is 36.4 Å². The van der Waals surface area contributed by atoms with Crippen molar-refractivity contribution in [3.05, 3.63) is 70.3 Å². The lowest BCUT2D eigenvalue weighted by atomic mass is 10.1. The highest BCUT2D eigenvalue weighted by molar-refractivity contribution is 5.97. The molecule has 4 N–H and O–H groups in total. The summed E-state index contributed by atoms with van der Waals surface area (Å²) in [6, 6.07) is 12.9. The number of carbonyl (C=O) groups excluding carboxylic acids is 2. The molecule has 0 bridgehead atoms. The highest BCUT2D eigenvalue weighted by Gasteiger charge is 2.21. The minimum atomic E-state index is -0.899. The first kappa shape index (κ1) is 16.9. The van der Waals surface area contributed by atoms with Crippen LogP contribution < -0.4 is 16.4 Å². The summed E-state index contributed by atoms with van der Waals surface area (Å²) in [6.07, 6.45) is 0.241. The van der Waals surface area contributed by atoms with Crippen molar-refractivity contribution in [3.63, 3.8) is 0 Å². The molecule has 0 saturated heterocycles. The Hall–Kier alpha value is -3.42. The number of anilines is 1. The van der Waals surface area contributed by atoms with Gasteiger partial charge in [-0.3, -0.25) is 14.9 Å². The van der Waals surface area contributed by atoms with E-state index < -0.39 is 22.9 Å². The van der Waals surface area contributed by atoms with Gasteiger partial charge in [0.25, 0.3) is 5.69 Å². The number of nitrogens with two attached hydrogens (primary N) is 1. The summed E-state index contributed by atoms with van der Waals surface area (Å²) < 4.78 is 0. The van der Waals surface area contributed by atoms with Crippen LogP contribution in [-0.4, -0.2) is 22.9 Å². The van der Waals surface area contributed by atoms with E-state index in [1.807, 2.05) is 30.3 Å². The number of non-ortho nitro benzene ring substituents is 1. The Bertz CT molecular complexity index is 749. The molecule has 0 aromatic heterocycles. The second kappa shape index (κ2) is 7.73. The molecule has 0 saturated carbocycles. The first-order valence-electron chi connectivity index (χ1n) is 7.11. The summed E-state index contributed by atoms with van der Waals surface area (Å²) in [5.41, 5.74) is 6.08. The molecule has 8 heteroatoms. The van der Waals surface area contributed by atoms with E-state index in [0.29, 0.717) is 0 Å². The number of primary amides is 1. The predicted octanol–water partition coefficient (Wildman–Crippen LogP) is 1.81. The van der Waals surface area contributed by atoms with Gasteiger partial charge in [0.15, 0.2) is 0 Å². The lowest BCUT2D eigenvalue weighted by Crippen LogP contribution is -2.47. The Labute approximate surface area is 137 Å². The molecule has 0 spiro atoms. The maximum atomic E-state index is 12.4. The van der Waals surface area contributed by atoms with E-state index in [2.05, 4.69) is 10.6 Å². The van der Waals surface area contributed by atoms with Crippen LogP contribution in [0.2, 0.25) is 0 Å². The van der Waals surface area contributed by atoms with Gasteiger partial charge >= 0.3 is 6.03 Å². The molecule has 0 aliphatic carbocycles. The Morgan fingerprint density at radius 3 is 2.46 bits per heavy atom. The van der Waals surface area contributed by atoms with E-state index in [1.165, 1.54) is 24.3 Å². The summed E-state index contributed by atoms with van der Waals surface area (Å²) in [4.78, 5) is 33.7. The largest absolute Gasteiger partial charge is 0.352 e. The number of nitro benzene ring substituents is 1. The fraction of sp³-hybridized carbons (Fsp3) is 0.125. The van der Waals surface area contributed by atoms with E-state index in [9.17, 15) is 19.7 Å². The molecule has 8 nitrogen and oxygen atoms in total. The Kier molecular flexibility index (Phi) is 5.45. The van der Waals surface area contributed by atoms with E-state index in [1.54, 1.807) is 0 Å². The molecule has 0 radical (unpaired) electrons. The quantitative estimate of drug-likeness (QED) is 0.552. The first-order chi connectivity index (χ1) is 11.5. The smallest absolute Gasteiger partial charge is 0.312 e. The Morgan fingerprint density at radius 1 is 1.12 bits per heavy atom. The van der Waals surface area contributed by atoms with E-state index in [-0.39, 0.29) is 17.8 Å². The Balaban J connectivity index is 2.14. The van der Waals surface area contributed by atoms with Crippen molar-refractivity contribution in [3.8, 4) is 0 Å². The molecule has 3 amide bonds. The van der Waals surface area contributed by atoms with Gasteiger partial charge in [-0.15, -0.1) is 0 Å². The van der Waals surface area contributed by atoms with Crippen molar-refractivity contribution >= 4 is 23.3 Å². The summed E-state index contributed by atoms with van der Waals surface area (Å²) in [7, 11) is 0.